The fourth-order valence-electron chi connectivity index (χ4n) is 1.27. The molecule has 0 heterocycles. The second-order valence-electron chi connectivity index (χ2n) is 5.18. The first-order valence-electron chi connectivity index (χ1n) is 5.87. The fourth-order valence-corrected chi connectivity index (χ4v) is 1.27. The van der Waals surface area contributed by atoms with Gasteiger partial charge >= 0.3 is 0 Å². The molecular weight excluding hydrogens is 220 g/mol. The summed E-state index contributed by atoms with van der Waals surface area (Å²) >= 11 is 0. The van der Waals surface area contributed by atoms with Crippen LogP contribution in [0.15, 0.2) is 0 Å². The summed E-state index contributed by atoms with van der Waals surface area (Å²) in [4.78, 5) is 27.5. The average Bonchev–Trinajstić information content (AvgIpc) is 2.19. The highest BCUT2D eigenvalue weighted by atomic mass is 16.6. The van der Waals surface area contributed by atoms with Gasteiger partial charge in [-0.25, -0.2) is 0 Å². The molecule has 0 aliphatic heterocycles. The maximum absolute atomic E-state index is 11.8. The molecule has 17 heavy (non-hydrogen) atoms. The Balaban J connectivity index is 3.62. The number of hydroxylamine groups is 1. The van der Waals surface area contributed by atoms with Crippen LogP contribution < -0.4 is 10.8 Å². The molecule has 2 N–H and O–H groups in total. The van der Waals surface area contributed by atoms with E-state index in [1.807, 2.05) is 20.8 Å². The van der Waals surface area contributed by atoms with Crippen LogP contribution in [0.2, 0.25) is 0 Å². The molecule has 0 aliphatic carbocycles. The van der Waals surface area contributed by atoms with Crippen LogP contribution in [0.3, 0.4) is 0 Å². The molecule has 0 spiro atoms. The van der Waals surface area contributed by atoms with Gasteiger partial charge in [0.15, 0.2) is 5.78 Å². The zero-order valence-electron chi connectivity index (χ0n) is 11.4. The van der Waals surface area contributed by atoms with E-state index < -0.39 is 0 Å². The summed E-state index contributed by atoms with van der Waals surface area (Å²) in [5, 5.41) is 2.92. The van der Waals surface area contributed by atoms with Crippen molar-refractivity contribution in [3.8, 4) is 0 Å². The van der Waals surface area contributed by atoms with E-state index in [0.717, 1.165) is 0 Å². The third-order valence-electron chi connectivity index (χ3n) is 2.15. The Hall–Kier alpha value is -0.780. The van der Waals surface area contributed by atoms with Gasteiger partial charge in [0.25, 0.3) is 0 Å². The lowest BCUT2D eigenvalue weighted by Gasteiger charge is -2.22. The van der Waals surface area contributed by atoms with E-state index in [4.69, 9.17) is 4.84 Å². The molecule has 0 aromatic rings. The lowest BCUT2D eigenvalue weighted by atomic mass is 9.87. The molecule has 0 aliphatic rings. The van der Waals surface area contributed by atoms with Crippen LogP contribution >= 0.6 is 0 Å². The van der Waals surface area contributed by atoms with Crippen molar-refractivity contribution in [1.82, 2.24) is 10.8 Å². The Bertz CT molecular complexity index is 259. The van der Waals surface area contributed by atoms with Gasteiger partial charge in [-0.2, -0.15) is 5.48 Å². The van der Waals surface area contributed by atoms with Crippen LogP contribution in [0, 0.1) is 5.41 Å². The van der Waals surface area contributed by atoms with Crippen LogP contribution in [0.4, 0.5) is 0 Å². The fraction of sp³-hybridized carbons (Fsp3) is 0.833. The van der Waals surface area contributed by atoms with Crippen molar-refractivity contribution in [2.75, 3.05) is 19.7 Å². The molecule has 1 unspecified atom stereocenters. The van der Waals surface area contributed by atoms with Crippen molar-refractivity contribution in [1.29, 1.82) is 0 Å². The Kier molecular flexibility index (Phi) is 7.18. The van der Waals surface area contributed by atoms with Gasteiger partial charge in [-0.1, -0.05) is 20.8 Å². The Labute approximate surface area is 103 Å². The van der Waals surface area contributed by atoms with Crippen molar-refractivity contribution < 1.29 is 14.4 Å². The second kappa shape index (κ2) is 7.53. The minimum Gasteiger partial charge on any atom is -0.308 e. The summed E-state index contributed by atoms with van der Waals surface area (Å²) in [6.45, 7) is 10.3. The molecule has 100 valence electrons. The largest absolute Gasteiger partial charge is 0.308 e. The van der Waals surface area contributed by atoms with E-state index in [1.54, 1.807) is 6.92 Å². The van der Waals surface area contributed by atoms with Gasteiger partial charge in [-0.05, 0) is 13.8 Å². The minimum absolute atomic E-state index is 0.0919. The van der Waals surface area contributed by atoms with Gasteiger partial charge in [0.1, 0.15) is 5.78 Å². The molecular formula is C12H24N2O3. The van der Waals surface area contributed by atoms with Gasteiger partial charge in [-0.3, -0.25) is 14.4 Å². The summed E-state index contributed by atoms with van der Waals surface area (Å²) in [6, 6.07) is -0.331. The summed E-state index contributed by atoms with van der Waals surface area (Å²) in [6.07, 6.45) is 0. The third-order valence-corrected chi connectivity index (χ3v) is 2.15. The molecule has 5 nitrogen and oxygen atoms in total. The van der Waals surface area contributed by atoms with Crippen molar-refractivity contribution in [2.45, 2.75) is 40.7 Å². The van der Waals surface area contributed by atoms with E-state index in [0.29, 0.717) is 19.7 Å². The number of carbonyl (C=O) groups excluding carboxylic acids is 2. The van der Waals surface area contributed by atoms with E-state index in [1.165, 1.54) is 6.92 Å². The highest BCUT2D eigenvalue weighted by Crippen LogP contribution is 2.16. The maximum atomic E-state index is 11.8. The monoisotopic (exact) mass is 244 g/mol. The van der Waals surface area contributed by atoms with Gasteiger partial charge < -0.3 is 5.32 Å². The number of hydrogen-bond donors (Lipinski definition) is 2. The van der Waals surface area contributed by atoms with Gasteiger partial charge in [0.05, 0.1) is 19.2 Å². The van der Waals surface area contributed by atoms with E-state index in [2.05, 4.69) is 10.8 Å². The normalized spacial score (nSPS) is 13.5. The lowest BCUT2D eigenvalue weighted by molar-refractivity contribution is -0.132. The number of hydrogen-bond acceptors (Lipinski definition) is 5. The van der Waals surface area contributed by atoms with Crippen LogP contribution in [0.1, 0.15) is 34.6 Å². The van der Waals surface area contributed by atoms with Crippen molar-refractivity contribution in [3.05, 3.63) is 0 Å². The Morgan fingerprint density at radius 3 is 2.35 bits per heavy atom. The molecule has 1 atom stereocenters. The van der Waals surface area contributed by atoms with Gasteiger partial charge in [0.2, 0.25) is 0 Å². The zero-order valence-corrected chi connectivity index (χ0v) is 11.4. The van der Waals surface area contributed by atoms with Crippen LogP contribution in [0.5, 0.6) is 0 Å². The third kappa shape index (κ3) is 8.01. The van der Waals surface area contributed by atoms with Crippen LogP contribution in [0.25, 0.3) is 0 Å². The van der Waals surface area contributed by atoms with E-state index in [-0.39, 0.29) is 23.0 Å². The second-order valence-corrected chi connectivity index (χ2v) is 5.18. The summed E-state index contributed by atoms with van der Waals surface area (Å²) in [5.41, 5.74) is 2.33. The average molecular weight is 244 g/mol. The quantitative estimate of drug-likeness (QED) is 0.486. The molecule has 0 fully saturated rings. The van der Waals surface area contributed by atoms with Gasteiger partial charge in [0, 0.05) is 12.0 Å². The number of carbonyl (C=O) groups is 2. The first-order valence-corrected chi connectivity index (χ1v) is 5.87. The number of nitrogens with one attached hydrogen (secondary N) is 2. The summed E-state index contributed by atoms with van der Waals surface area (Å²) < 4.78 is 0. The molecule has 0 bridgehead atoms. The standard InChI is InChI=1S/C12H24N2O3/c1-9(15)8-13-6-7-17-14-10(2)11(16)12(3,4)5/h10,13-14H,6-8H2,1-5H3. The first-order chi connectivity index (χ1) is 7.75. The minimum atomic E-state index is -0.372. The van der Waals surface area contributed by atoms with Crippen LogP contribution in [-0.2, 0) is 14.4 Å². The predicted molar refractivity (Wildman–Crippen MR) is 66.6 cm³/mol. The topological polar surface area (TPSA) is 67.4 Å². The molecule has 0 rings (SSSR count). The smallest absolute Gasteiger partial charge is 0.157 e. The SMILES string of the molecule is CC(=O)CNCCONC(C)C(=O)C(C)(C)C. The van der Waals surface area contributed by atoms with Crippen molar-refractivity contribution in [2.24, 2.45) is 5.41 Å². The molecule has 0 aromatic carbocycles. The summed E-state index contributed by atoms with van der Waals surface area (Å²) in [5.74, 6) is 0.198. The van der Waals surface area contributed by atoms with Crippen molar-refractivity contribution >= 4 is 11.6 Å². The number of ketones is 2. The van der Waals surface area contributed by atoms with E-state index in [9.17, 15) is 9.59 Å². The first kappa shape index (κ1) is 16.2. The highest BCUT2D eigenvalue weighted by molar-refractivity contribution is 5.88. The molecule has 0 aromatic heterocycles. The number of Topliss-reactive ketones (excluding diaryl/α,β-unsaturated/α-hetero) is 2. The summed E-state index contributed by atoms with van der Waals surface area (Å²) in [7, 11) is 0. The molecule has 0 saturated carbocycles. The molecule has 5 heteroatoms. The lowest BCUT2D eigenvalue weighted by Crippen LogP contribution is -2.41. The zero-order chi connectivity index (χ0) is 13.5. The highest BCUT2D eigenvalue weighted by Gasteiger charge is 2.26. The van der Waals surface area contributed by atoms with E-state index >= 15 is 0 Å². The Morgan fingerprint density at radius 1 is 1.29 bits per heavy atom. The van der Waals surface area contributed by atoms with Crippen LogP contribution in [-0.4, -0.2) is 37.3 Å². The number of rotatable bonds is 8. The van der Waals surface area contributed by atoms with Crippen molar-refractivity contribution in [3.63, 3.8) is 0 Å². The molecule has 0 amide bonds. The predicted octanol–water partition coefficient (Wildman–Crippen LogP) is 0.690. The molecule has 0 radical (unpaired) electrons. The Morgan fingerprint density at radius 2 is 1.88 bits per heavy atom. The maximum Gasteiger partial charge on any atom is 0.157 e. The van der Waals surface area contributed by atoms with Gasteiger partial charge in [-0.15, -0.1) is 0 Å². The molecule has 0 saturated heterocycles.